The Labute approximate surface area is 485 Å². The molecule has 454 valence electrons. The van der Waals surface area contributed by atoms with Crippen molar-refractivity contribution in [2.45, 2.75) is 188 Å². The third-order valence-corrected chi connectivity index (χ3v) is 16.2. The molecule has 2 aliphatic heterocycles. The summed E-state index contributed by atoms with van der Waals surface area (Å²) in [6.45, 7) is 20.3. The third-order valence-electron chi connectivity index (χ3n) is 16.2. The number of carbonyl (C=O) groups excluding carboxylic acids is 9. The Morgan fingerprint density at radius 3 is 1.68 bits per heavy atom. The first kappa shape index (κ1) is 68.1. The van der Waals surface area contributed by atoms with E-state index in [1.165, 1.54) is 68.9 Å². The zero-order valence-corrected chi connectivity index (χ0v) is 51.2. The molecule has 82 heavy (non-hydrogen) atoms. The van der Waals surface area contributed by atoms with Crippen molar-refractivity contribution in [2.75, 3.05) is 34.7 Å². The van der Waals surface area contributed by atoms with Gasteiger partial charge in [0.1, 0.15) is 42.3 Å². The molecule has 21 nitrogen and oxygen atoms in total. The fourth-order valence-corrected chi connectivity index (χ4v) is 11.2. The smallest absolute Gasteiger partial charge is 0.450 e. The second-order valence-electron chi connectivity index (χ2n) is 24.3. The average molecular weight is 1150 g/mol. The van der Waals surface area contributed by atoms with Gasteiger partial charge in [-0.2, -0.15) is 0 Å². The molecule has 2 aliphatic rings. The van der Waals surface area contributed by atoms with E-state index in [1.807, 2.05) is 20.8 Å². The normalized spacial score (nSPS) is 26.0. The molecule has 22 heteroatoms. The lowest BCUT2D eigenvalue weighted by Crippen LogP contribution is -2.63. The topological polar surface area (TPSA) is 276 Å². The number of hydrogen-bond donors (Lipinski definition) is 6. The van der Waals surface area contributed by atoms with Crippen molar-refractivity contribution in [1.82, 2.24) is 40.4 Å². The molecule has 2 heterocycles. The van der Waals surface area contributed by atoms with Crippen LogP contribution >= 0.6 is 0 Å². The van der Waals surface area contributed by atoms with Crippen LogP contribution in [0, 0.1) is 29.6 Å². The van der Waals surface area contributed by atoms with Crippen LogP contribution in [0.3, 0.4) is 0 Å². The van der Waals surface area contributed by atoms with E-state index >= 15 is 9.59 Å². The first-order valence-electron chi connectivity index (χ1n) is 29.0. The number of carbonyl (C=O) groups is 9. The molecule has 6 N–H and O–H groups in total. The lowest BCUT2D eigenvalue weighted by molar-refractivity contribution is -0.177. The second kappa shape index (κ2) is 29.7. The number of ether oxygens (including phenoxy) is 1. The zero-order chi connectivity index (χ0) is 61.8. The first-order valence-corrected chi connectivity index (χ1v) is 29.0. The van der Waals surface area contributed by atoms with Crippen molar-refractivity contribution in [3.8, 4) is 0 Å². The number of fused-ring (bicyclic) bond motifs is 1. The maximum absolute atomic E-state index is 15.4. The minimum Gasteiger partial charge on any atom is -0.450 e. The van der Waals surface area contributed by atoms with Gasteiger partial charge in [-0.15, -0.1) is 0 Å². The first-order chi connectivity index (χ1) is 38.3. The van der Waals surface area contributed by atoms with Gasteiger partial charge in [0.05, 0.1) is 5.60 Å². The number of esters is 1. The number of hydrogen-bond acceptors (Lipinski definition) is 13. The highest BCUT2D eigenvalue weighted by Gasteiger charge is 2.48. The van der Waals surface area contributed by atoms with Gasteiger partial charge >= 0.3 is 13.1 Å². The van der Waals surface area contributed by atoms with Gasteiger partial charge in [0.25, 0.3) is 5.91 Å². The van der Waals surface area contributed by atoms with Crippen molar-refractivity contribution in [1.29, 1.82) is 0 Å². The maximum atomic E-state index is 15.4. The van der Waals surface area contributed by atoms with Gasteiger partial charge in [-0.25, -0.2) is 4.79 Å². The summed E-state index contributed by atoms with van der Waals surface area (Å²) in [5, 5.41) is 40.7. The molecule has 2 aromatic rings. The van der Waals surface area contributed by atoms with Crippen molar-refractivity contribution >= 4 is 65.8 Å². The van der Waals surface area contributed by atoms with Gasteiger partial charge in [-0.3, -0.25) is 38.4 Å². The van der Waals surface area contributed by atoms with Crippen LogP contribution in [-0.2, 0) is 60.7 Å². The highest BCUT2D eigenvalue weighted by molar-refractivity contribution is 6.58. The van der Waals surface area contributed by atoms with Crippen LogP contribution in [0.5, 0.6) is 0 Å². The molecular formula is C60H93BN8O13. The molecule has 0 saturated carbocycles. The predicted octanol–water partition coefficient (Wildman–Crippen LogP) is 2.05. The van der Waals surface area contributed by atoms with Crippen LogP contribution in [0.25, 0.3) is 0 Å². The summed E-state index contributed by atoms with van der Waals surface area (Å²) in [5.74, 6) is -9.30. The van der Waals surface area contributed by atoms with Gasteiger partial charge in [0.15, 0.2) is 12.1 Å². The molecule has 8 amide bonds. The van der Waals surface area contributed by atoms with E-state index in [9.17, 15) is 48.7 Å². The summed E-state index contributed by atoms with van der Waals surface area (Å²) < 4.78 is 6.09. The number of cyclic esters (lactones) is 1. The second-order valence-corrected chi connectivity index (χ2v) is 24.3. The molecule has 2 fully saturated rings. The fraction of sp³-hybridized carbons (Fsp3) is 0.650. The zero-order valence-electron chi connectivity index (χ0n) is 51.2. The Kier molecular flexibility index (Phi) is 24.7. The number of amides is 8. The molecule has 2 aromatic carbocycles. The summed E-state index contributed by atoms with van der Waals surface area (Å²) in [6, 6.07) is 4.47. The lowest BCUT2D eigenvalue weighted by atomic mass is 9.79. The quantitative estimate of drug-likeness (QED) is 0.117. The summed E-state index contributed by atoms with van der Waals surface area (Å²) in [6.07, 6.45) is -0.446. The van der Waals surface area contributed by atoms with Crippen LogP contribution < -0.4 is 21.4 Å². The summed E-state index contributed by atoms with van der Waals surface area (Å²) in [4.78, 5) is 141. The van der Waals surface area contributed by atoms with E-state index in [1.54, 1.807) is 90.9 Å². The van der Waals surface area contributed by atoms with Gasteiger partial charge in [0, 0.05) is 53.5 Å². The number of rotatable bonds is 14. The molecule has 0 radical (unpaired) electrons. The monoisotopic (exact) mass is 1140 g/mol. The van der Waals surface area contributed by atoms with Crippen LogP contribution in [0.4, 0.5) is 0 Å². The standard InChI is InChI=1S/C60H93BN8O13/c1-17-37(9)46-57(76)66(14)47(35(5)6)52(71)62-42(30-34(3)4)55(74)68(16)50(60(11,12)79)59(78)82-49(38(10)18-2)58(77)67(15)48(36(7)8)53(72)63-43(32-39-24-20-19-21-25-39)54(73)65(13)45(33-40-26-22-27-41(31-40)61(80)81)56(75)69-29-23-28-44(69)51(70)64-46/h19-22,24-27,31,34-38,42-50,79-81H,17-18,23,28-30,32-33H2,1-16H3,(H,62,71)(H,63,72)(H,64,70)/t37-,38-,42-,43-,44-,45-,46-,47-,48-,49+,50+/m0/s1. The van der Waals surface area contributed by atoms with E-state index in [-0.39, 0.29) is 43.6 Å². The Balaban J connectivity index is 2.00. The fourth-order valence-electron chi connectivity index (χ4n) is 11.2. The minimum atomic E-state index is -1.99. The van der Waals surface area contributed by atoms with Crippen molar-refractivity contribution in [3.05, 3.63) is 65.7 Å². The highest BCUT2D eigenvalue weighted by Crippen LogP contribution is 2.27. The number of likely N-dealkylation sites (N-methyl/N-ethyl adjacent to an activating group) is 4. The van der Waals surface area contributed by atoms with Gasteiger partial charge in [0.2, 0.25) is 41.4 Å². The number of benzene rings is 2. The van der Waals surface area contributed by atoms with Crippen LogP contribution in [0.15, 0.2) is 54.6 Å². The molecule has 0 spiro atoms. The van der Waals surface area contributed by atoms with E-state index in [0.717, 1.165) is 9.80 Å². The molecule has 0 aliphatic carbocycles. The van der Waals surface area contributed by atoms with Crippen LogP contribution in [0.1, 0.15) is 126 Å². The lowest BCUT2D eigenvalue weighted by Gasteiger charge is -2.39. The Morgan fingerprint density at radius 2 is 1.16 bits per heavy atom. The van der Waals surface area contributed by atoms with Crippen molar-refractivity contribution in [3.63, 3.8) is 0 Å². The number of nitrogens with one attached hydrogen (secondary N) is 3. The molecule has 2 saturated heterocycles. The third kappa shape index (κ3) is 16.9. The largest absolute Gasteiger partial charge is 0.488 e. The van der Waals surface area contributed by atoms with Crippen LogP contribution in [-0.4, -0.2) is 195 Å². The Bertz CT molecular complexity index is 2560. The number of nitrogens with zero attached hydrogens (tertiary/aromatic N) is 5. The molecule has 4 rings (SSSR count). The average Bonchev–Trinajstić information content (AvgIpc) is 4.07. The Hall–Kier alpha value is -6.39. The van der Waals surface area contributed by atoms with Crippen molar-refractivity contribution < 1.29 is 63.0 Å². The predicted molar refractivity (Wildman–Crippen MR) is 311 cm³/mol. The van der Waals surface area contributed by atoms with Crippen LogP contribution in [0.2, 0.25) is 0 Å². The summed E-state index contributed by atoms with van der Waals surface area (Å²) in [7, 11) is 3.66. The Morgan fingerprint density at radius 1 is 0.622 bits per heavy atom. The maximum Gasteiger partial charge on any atom is 0.488 e. The molecule has 0 aromatic heterocycles. The molecular weight excluding hydrogens is 1050 g/mol. The van der Waals surface area contributed by atoms with Gasteiger partial charge in [-0.05, 0) is 79.8 Å². The van der Waals surface area contributed by atoms with E-state index in [4.69, 9.17) is 4.74 Å². The molecule has 0 bridgehead atoms. The number of aliphatic hydroxyl groups is 1. The van der Waals surface area contributed by atoms with E-state index in [0.29, 0.717) is 30.4 Å². The van der Waals surface area contributed by atoms with Gasteiger partial charge in [-0.1, -0.05) is 130 Å². The van der Waals surface area contributed by atoms with E-state index in [2.05, 4.69) is 16.0 Å². The van der Waals surface area contributed by atoms with Gasteiger partial charge < -0.3 is 60.3 Å². The molecule has 0 unspecified atom stereocenters. The van der Waals surface area contributed by atoms with Crippen molar-refractivity contribution in [2.24, 2.45) is 29.6 Å². The molecule has 11 atom stereocenters. The SMILES string of the molecule is CC[C@H](C)[C@@H]1NC(=O)[C@@H]2CCCN2C(=O)[C@H](Cc2cccc(B(O)O)c2)N(C)C(=O)[C@H](Cc2ccccc2)NC(=O)[C@H](C(C)C)N(C)C(=O)[C@@H]([C@@H](C)CC)OC(=O)[C@H](C(C)(C)O)N(C)C(=O)[C@H](CC(C)C)NC(=O)[C@H](C(C)C)N(C)C1=O. The highest BCUT2D eigenvalue weighted by atomic mass is 16.6. The minimum absolute atomic E-state index is 0.0667. The summed E-state index contributed by atoms with van der Waals surface area (Å²) >= 11 is 0. The van der Waals surface area contributed by atoms with E-state index < -0.39 is 144 Å². The summed E-state index contributed by atoms with van der Waals surface area (Å²) in [5.41, 5.74) is -0.794.